The Labute approximate surface area is 170 Å². The molecular formula is C22H25FN2O3S. The molecule has 2 aromatic heterocycles. The number of ether oxygens (including phenoxy) is 1. The molecule has 0 aliphatic carbocycles. The third-order valence-corrected chi connectivity index (χ3v) is 6.15. The van der Waals surface area contributed by atoms with Crippen LogP contribution in [0.2, 0.25) is 0 Å². The van der Waals surface area contributed by atoms with Gasteiger partial charge in [0.25, 0.3) is 0 Å². The number of sulfone groups is 1. The lowest BCUT2D eigenvalue weighted by atomic mass is 9.99. The normalized spacial score (nSPS) is 12.8. The number of nitrogens with one attached hydrogen (secondary N) is 1. The SMILES string of the molecule is CCOCCS(=O)(=O)c1ccc(/C(=C\C(C)C)c2cc3cc(F)cnc3[nH]2)cc1. The van der Waals surface area contributed by atoms with E-state index in [2.05, 4.69) is 29.9 Å². The zero-order valence-corrected chi connectivity index (χ0v) is 17.6. The molecule has 0 aliphatic rings. The van der Waals surface area contributed by atoms with Crippen LogP contribution in [-0.2, 0) is 14.6 Å². The highest BCUT2D eigenvalue weighted by Crippen LogP contribution is 2.28. The van der Waals surface area contributed by atoms with Crippen LogP contribution in [0.1, 0.15) is 32.0 Å². The molecule has 3 aromatic rings. The maximum atomic E-state index is 13.5. The van der Waals surface area contributed by atoms with Crippen LogP contribution >= 0.6 is 0 Å². The smallest absolute Gasteiger partial charge is 0.180 e. The molecule has 0 saturated heterocycles. The van der Waals surface area contributed by atoms with Crippen molar-refractivity contribution in [2.45, 2.75) is 25.7 Å². The minimum atomic E-state index is -3.39. The minimum absolute atomic E-state index is 0.0475. The number of fused-ring (bicyclic) bond motifs is 1. The highest BCUT2D eigenvalue weighted by molar-refractivity contribution is 7.91. The Kier molecular flexibility index (Phi) is 6.49. The number of H-pyrrole nitrogens is 1. The van der Waals surface area contributed by atoms with E-state index in [9.17, 15) is 12.8 Å². The van der Waals surface area contributed by atoms with E-state index >= 15 is 0 Å². The third kappa shape index (κ3) is 5.10. The fourth-order valence-electron chi connectivity index (χ4n) is 3.08. The standard InChI is InChI=1S/C22H25FN2O3S/c1-4-28-9-10-29(26,27)19-7-5-16(6-8-19)20(11-15(2)3)21-13-17-12-18(23)14-24-22(17)25-21/h5-8,11-15H,4,9-10H2,1-3H3,(H,24,25)/b20-11+. The van der Waals surface area contributed by atoms with Gasteiger partial charge in [0.05, 0.1) is 23.5 Å². The first-order valence-corrected chi connectivity index (χ1v) is 11.2. The first-order valence-electron chi connectivity index (χ1n) is 9.57. The average Bonchev–Trinajstić information content (AvgIpc) is 3.09. The molecule has 1 aromatic carbocycles. The van der Waals surface area contributed by atoms with Crippen LogP contribution < -0.4 is 0 Å². The summed E-state index contributed by atoms with van der Waals surface area (Å²) in [4.78, 5) is 7.58. The van der Waals surface area contributed by atoms with Gasteiger partial charge < -0.3 is 9.72 Å². The molecule has 0 amide bonds. The summed E-state index contributed by atoms with van der Waals surface area (Å²) < 4.78 is 43.5. The summed E-state index contributed by atoms with van der Waals surface area (Å²) in [6.07, 6.45) is 3.26. The monoisotopic (exact) mass is 416 g/mol. The highest BCUT2D eigenvalue weighted by atomic mass is 32.2. The van der Waals surface area contributed by atoms with Gasteiger partial charge in [0, 0.05) is 23.3 Å². The fourth-order valence-corrected chi connectivity index (χ4v) is 4.20. The Morgan fingerprint density at radius 1 is 1.24 bits per heavy atom. The Bertz CT molecular complexity index is 1120. The van der Waals surface area contributed by atoms with Crippen molar-refractivity contribution >= 4 is 26.4 Å². The van der Waals surface area contributed by atoms with E-state index in [-0.39, 0.29) is 29.0 Å². The maximum Gasteiger partial charge on any atom is 0.180 e. The van der Waals surface area contributed by atoms with E-state index in [0.29, 0.717) is 17.6 Å². The topological polar surface area (TPSA) is 72.1 Å². The number of hydrogen-bond acceptors (Lipinski definition) is 4. The average molecular weight is 417 g/mol. The van der Waals surface area contributed by atoms with Crippen LogP contribution in [0.4, 0.5) is 4.39 Å². The number of aromatic amines is 1. The Morgan fingerprint density at radius 2 is 1.97 bits per heavy atom. The van der Waals surface area contributed by atoms with Crippen molar-refractivity contribution in [3.8, 4) is 0 Å². The molecule has 0 saturated carbocycles. The molecule has 7 heteroatoms. The molecule has 0 spiro atoms. The molecular weight excluding hydrogens is 391 g/mol. The molecule has 0 radical (unpaired) electrons. The summed E-state index contributed by atoms with van der Waals surface area (Å²) in [5.74, 6) is -0.177. The summed E-state index contributed by atoms with van der Waals surface area (Å²) in [6.45, 7) is 6.62. The van der Waals surface area contributed by atoms with Crippen molar-refractivity contribution in [2.24, 2.45) is 5.92 Å². The molecule has 3 rings (SSSR count). The second kappa shape index (κ2) is 8.88. The summed E-state index contributed by atoms with van der Waals surface area (Å²) >= 11 is 0. The second-order valence-corrected chi connectivity index (χ2v) is 9.25. The Balaban J connectivity index is 1.95. The zero-order valence-electron chi connectivity index (χ0n) is 16.8. The lowest BCUT2D eigenvalue weighted by molar-refractivity contribution is 0.163. The van der Waals surface area contributed by atoms with Gasteiger partial charge in [-0.25, -0.2) is 17.8 Å². The first kappa shape index (κ1) is 21.2. The number of benzene rings is 1. The van der Waals surface area contributed by atoms with Crippen molar-refractivity contribution < 1.29 is 17.5 Å². The van der Waals surface area contributed by atoms with Gasteiger partial charge in [-0.1, -0.05) is 32.1 Å². The van der Waals surface area contributed by atoms with Crippen molar-refractivity contribution in [3.05, 3.63) is 65.7 Å². The summed E-state index contributed by atoms with van der Waals surface area (Å²) in [5.41, 5.74) is 3.19. The largest absolute Gasteiger partial charge is 0.381 e. The quantitative estimate of drug-likeness (QED) is 0.545. The van der Waals surface area contributed by atoms with E-state index < -0.39 is 9.84 Å². The summed E-state index contributed by atoms with van der Waals surface area (Å²) in [5, 5.41) is 0.685. The highest BCUT2D eigenvalue weighted by Gasteiger charge is 2.16. The third-order valence-electron chi connectivity index (χ3n) is 4.45. The summed E-state index contributed by atoms with van der Waals surface area (Å²) in [7, 11) is -3.39. The molecule has 0 atom stereocenters. The number of aromatic nitrogens is 2. The maximum absolute atomic E-state index is 13.5. The Morgan fingerprint density at radius 3 is 2.62 bits per heavy atom. The van der Waals surface area contributed by atoms with Crippen LogP contribution in [0.5, 0.6) is 0 Å². The molecule has 0 fully saturated rings. The van der Waals surface area contributed by atoms with Gasteiger partial charge in [0.15, 0.2) is 9.84 Å². The molecule has 0 bridgehead atoms. The molecule has 5 nitrogen and oxygen atoms in total. The van der Waals surface area contributed by atoms with E-state index in [1.165, 1.54) is 12.3 Å². The van der Waals surface area contributed by atoms with Crippen molar-refractivity contribution in [1.82, 2.24) is 9.97 Å². The predicted molar refractivity (Wildman–Crippen MR) is 113 cm³/mol. The summed E-state index contributed by atoms with van der Waals surface area (Å²) in [6, 6.07) is 10.1. The lowest BCUT2D eigenvalue weighted by Crippen LogP contribution is -2.12. The second-order valence-electron chi connectivity index (χ2n) is 7.14. The van der Waals surface area contributed by atoms with Gasteiger partial charge in [0.2, 0.25) is 0 Å². The van der Waals surface area contributed by atoms with Crippen LogP contribution in [0.3, 0.4) is 0 Å². The number of pyridine rings is 1. The first-order chi connectivity index (χ1) is 13.8. The van der Waals surface area contributed by atoms with E-state index in [4.69, 9.17) is 4.74 Å². The number of hydrogen-bond donors (Lipinski definition) is 1. The minimum Gasteiger partial charge on any atom is -0.381 e. The van der Waals surface area contributed by atoms with Crippen LogP contribution in [0.25, 0.3) is 16.6 Å². The lowest BCUT2D eigenvalue weighted by Gasteiger charge is -2.10. The van der Waals surface area contributed by atoms with Gasteiger partial charge in [-0.2, -0.15) is 0 Å². The fraction of sp³-hybridized carbons (Fsp3) is 0.318. The van der Waals surface area contributed by atoms with Crippen LogP contribution in [-0.4, -0.2) is 37.4 Å². The molecule has 29 heavy (non-hydrogen) atoms. The molecule has 154 valence electrons. The van der Waals surface area contributed by atoms with Gasteiger partial charge in [-0.3, -0.25) is 0 Å². The predicted octanol–water partition coefficient (Wildman–Crippen LogP) is 4.60. The van der Waals surface area contributed by atoms with E-state index in [1.807, 2.05) is 13.0 Å². The number of rotatable bonds is 8. The van der Waals surface area contributed by atoms with Gasteiger partial charge in [0.1, 0.15) is 11.5 Å². The molecule has 0 unspecified atom stereocenters. The van der Waals surface area contributed by atoms with E-state index in [0.717, 1.165) is 16.8 Å². The van der Waals surface area contributed by atoms with Gasteiger partial charge in [-0.15, -0.1) is 0 Å². The van der Waals surface area contributed by atoms with Gasteiger partial charge in [-0.05, 0) is 42.7 Å². The van der Waals surface area contributed by atoms with Crippen molar-refractivity contribution in [3.63, 3.8) is 0 Å². The van der Waals surface area contributed by atoms with E-state index in [1.54, 1.807) is 24.3 Å². The molecule has 2 heterocycles. The van der Waals surface area contributed by atoms with Crippen molar-refractivity contribution in [1.29, 1.82) is 0 Å². The van der Waals surface area contributed by atoms with Crippen LogP contribution in [0, 0.1) is 11.7 Å². The molecule has 0 aliphatic heterocycles. The number of allylic oxidation sites excluding steroid dienone is 1. The Hall–Kier alpha value is -2.51. The van der Waals surface area contributed by atoms with Crippen LogP contribution in [0.15, 0.2) is 53.6 Å². The number of halogens is 1. The van der Waals surface area contributed by atoms with Crippen molar-refractivity contribution in [2.75, 3.05) is 19.0 Å². The number of nitrogens with zero attached hydrogens (tertiary/aromatic N) is 1. The molecule has 1 N–H and O–H groups in total. The van der Waals surface area contributed by atoms with Gasteiger partial charge >= 0.3 is 0 Å². The zero-order chi connectivity index (χ0) is 21.0.